The monoisotopic (exact) mass is 298 g/mol. The van der Waals surface area contributed by atoms with E-state index in [0.29, 0.717) is 5.56 Å². The minimum atomic E-state index is -2.61. The van der Waals surface area contributed by atoms with E-state index in [9.17, 15) is 19.5 Å². The number of aliphatic carboxylic acids is 1. The summed E-state index contributed by atoms with van der Waals surface area (Å²) < 4.78 is 4.80. The van der Waals surface area contributed by atoms with Gasteiger partial charge in [-0.2, -0.15) is 5.26 Å². The van der Waals surface area contributed by atoms with Crippen molar-refractivity contribution in [2.45, 2.75) is 25.0 Å². The fourth-order valence-corrected chi connectivity index (χ4v) is 1.59. The zero-order valence-electron chi connectivity index (χ0n) is 10.9. The van der Waals surface area contributed by atoms with Crippen molar-refractivity contribution in [3.63, 3.8) is 0 Å². The van der Waals surface area contributed by atoms with Crippen molar-refractivity contribution in [2.75, 3.05) is 0 Å². The topological polar surface area (TPSA) is 130 Å². The van der Waals surface area contributed by atoms with Gasteiger partial charge >= 0.3 is 17.9 Å². The van der Waals surface area contributed by atoms with Crippen LogP contribution in [0, 0.1) is 0 Å². The molecular weight excluding hydrogens is 284 g/mol. The van der Waals surface area contributed by atoms with Crippen LogP contribution in [0.1, 0.15) is 18.4 Å². The number of carbonyl (C=O) groups excluding carboxylic acids is 2. The predicted molar refractivity (Wildman–Crippen MR) is 66.8 cm³/mol. The van der Waals surface area contributed by atoms with Gasteiger partial charge in [0.25, 0.3) is 0 Å². The summed E-state index contributed by atoms with van der Waals surface area (Å²) in [5, 5.41) is 26.8. The van der Waals surface area contributed by atoms with Crippen LogP contribution in [0.4, 0.5) is 0 Å². The molecule has 1 atom stereocenters. The van der Waals surface area contributed by atoms with Gasteiger partial charge in [-0.15, -0.1) is 0 Å². The first-order valence-corrected chi connectivity index (χ1v) is 5.87. The standard InChI is InChI=1S/C13H14O8/c14-10(15)6-13(18,7-11(16)21-19)12(17)20-8-9-4-2-1-3-5-9/h1-5,18-19H,6-8H2,(H,14,15). The second-order valence-corrected chi connectivity index (χ2v) is 4.30. The molecule has 0 aromatic heterocycles. The number of benzene rings is 1. The van der Waals surface area contributed by atoms with Gasteiger partial charge in [-0.25, -0.2) is 9.59 Å². The predicted octanol–water partition coefficient (Wildman–Crippen LogP) is 0.342. The molecule has 1 unspecified atom stereocenters. The highest BCUT2D eigenvalue weighted by molar-refractivity contribution is 5.89. The van der Waals surface area contributed by atoms with Crippen LogP contribution in [0.2, 0.25) is 0 Å². The van der Waals surface area contributed by atoms with Gasteiger partial charge in [-0.1, -0.05) is 30.3 Å². The number of hydrogen-bond acceptors (Lipinski definition) is 7. The van der Waals surface area contributed by atoms with Crippen molar-refractivity contribution in [1.29, 1.82) is 0 Å². The largest absolute Gasteiger partial charge is 0.481 e. The molecule has 0 spiro atoms. The molecule has 0 aliphatic heterocycles. The second-order valence-electron chi connectivity index (χ2n) is 4.30. The lowest BCUT2D eigenvalue weighted by Crippen LogP contribution is -2.44. The minimum absolute atomic E-state index is 0.199. The molecule has 0 heterocycles. The van der Waals surface area contributed by atoms with Crippen molar-refractivity contribution >= 4 is 17.9 Å². The molecule has 21 heavy (non-hydrogen) atoms. The van der Waals surface area contributed by atoms with Gasteiger partial charge in [0.15, 0.2) is 5.60 Å². The maximum absolute atomic E-state index is 11.8. The molecule has 1 rings (SSSR count). The Kier molecular flexibility index (Phi) is 5.82. The van der Waals surface area contributed by atoms with Crippen LogP contribution >= 0.6 is 0 Å². The van der Waals surface area contributed by atoms with Crippen molar-refractivity contribution in [3.8, 4) is 0 Å². The summed E-state index contributed by atoms with van der Waals surface area (Å²) in [4.78, 5) is 36.8. The van der Waals surface area contributed by atoms with E-state index in [2.05, 4.69) is 4.89 Å². The smallest absolute Gasteiger partial charge is 0.345 e. The van der Waals surface area contributed by atoms with Gasteiger partial charge in [0.1, 0.15) is 6.61 Å². The Morgan fingerprint density at radius 2 is 1.71 bits per heavy atom. The van der Waals surface area contributed by atoms with E-state index in [-0.39, 0.29) is 6.61 Å². The summed E-state index contributed by atoms with van der Waals surface area (Å²) in [6.45, 7) is -0.199. The molecule has 1 aromatic carbocycles. The molecule has 114 valence electrons. The molecule has 0 bridgehead atoms. The highest BCUT2D eigenvalue weighted by Gasteiger charge is 2.43. The van der Waals surface area contributed by atoms with Crippen molar-refractivity contribution in [2.24, 2.45) is 0 Å². The average Bonchev–Trinajstić information content (AvgIpc) is 2.44. The van der Waals surface area contributed by atoms with Gasteiger partial charge < -0.3 is 19.8 Å². The summed E-state index contributed by atoms with van der Waals surface area (Å²) >= 11 is 0. The maximum Gasteiger partial charge on any atom is 0.345 e. The van der Waals surface area contributed by atoms with Gasteiger partial charge in [-0.05, 0) is 5.56 Å². The van der Waals surface area contributed by atoms with E-state index in [1.54, 1.807) is 30.3 Å². The summed E-state index contributed by atoms with van der Waals surface area (Å²) in [6, 6.07) is 8.48. The molecule has 8 heteroatoms. The molecule has 0 saturated heterocycles. The molecule has 0 radical (unpaired) electrons. The molecule has 0 fully saturated rings. The quantitative estimate of drug-likeness (QED) is 0.373. The lowest BCUT2D eigenvalue weighted by Gasteiger charge is -2.22. The van der Waals surface area contributed by atoms with Gasteiger partial charge in [0, 0.05) is 0 Å². The van der Waals surface area contributed by atoms with E-state index in [4.69, 9.17) is 15.1 Å². The van der Waals surface area contributed by atoms with Crippen LogP contribution in [-0.2, 0) is 30.6 Å². The van der Waals surface area contributed by atoms with E-state index in [1.807, 2.05) is 0 Å². The SMILES string of the molecule is O=C(O)CC(O)(CC(=O)OO)C(=O)OCc1ccccc1. The second kappa shape index (κ2) is 7.36. The molecule has 0 saturated carbocycles. The van der Waals surface area contributed by atoms with E-state index in [1.165, 1.54) is 0 Å². The number of hydrogen-bond donors (Lipinski definition) is 3. The first-order valence-electron chi connectivity index (χ1n) is 5.87. The minimum Gasteiger partial charge on any atom is -0.481 e. The zero-order valence-corrected chi connectivity index (χ0v) is 10.9. The summed E-state index contributed by atoms with van der Waals surface area (Å²) in [5.74, 6) is -4.16. The number of carbonyl (C=O) groups is 3. The van der Waals surface area contributed by atoms with Crippen LogP contribution in [0.15, 0.2) is 30.3 Å². The molecule has 0 aliphatic carbocycles. The zero-order chi connectivity index (χ0) is 15.9. The van der Waals surface area contributed by atoms with Gasteiger partial charge in [0.05, 0.1) is 12.8 Å². The first kappa shape index (κ1) is 16.6. The fraction of sp³-hybridized carbons (Fsp3) is 0.308. The number of carboxylic acids is 1. The van der Waals surface area contributed by atoms with Gasteiger partial charge in [-0.3, -0.25) is 4.79 Å². The molecule has 0 amide bonds. The lowest BCUT2D eigenvalue weighted by molar-refractivity contribution is -0.239. The number of carboxylic acid groups (broad SMARTS) is 1. The van der Waals surface area contributed by atoms with Crippen molar-refractivity contribution < 1.29 is 39.5 Å². The molecule has 0 aliphatic rings. The summed E-state index contributed by atoms with van der Waals surface area (Å²) in [7, 11) is 0. The maximum atomic E-state index is 11.8. The Bertz CT molecular complexity index is 512. The van der Waals surface area contributed by atoms with Crippen molar-refractivity contribution in [1.82, 2.24) is 0 Å². The van der Waals surface area contributed by atoms with Gasteiger partial charge in [0.2, 0.25) is 0 Å². The van der Waals surface area contributed by atoms with Crippen LogP contribution in [0.3, 0.4) is 0 Å². The van der Waals surface area contributed by atoms with Crippen LogP contribution in [-0.4, -0.2) is 39.0 Å². The Labute approximate surface area is 119 Å². The molecule has 8 nitrogen and oxygen atoms in total. The Morgan fingerprint density at radius 3 is 2.24 bits per heavy atom. The number of rotatable bonds is 7. The van der Waals surface area contributed by atoms with E-state index < -0.39 is 36.4 Å². The van der Waals surface area contributed by atoms with Crippen LogP contribution in [0.25, 0.3) is 0 Å². The fourth-order valence-electron chi connectivity index (χ4n) is 1.59. The summed E-state index contributed by atoms with van der Waals surface area (Å²) in [5.41, 5.74) is -1.99. The van der Waals surface area contributed by atoms with Crippen LogP contribution in [0.5, 0.6) is 0 Å². The molecule has 3 N–H and O–H groups in total. The molecular formula is C13H14O8. The Morgan fingerprint density at radius 1 is 1.10 bits per heavy atom. The third kappa shape index (κ3) is 5.21. The van der Waals surface area contributed by atoms with Crippen molar-refractivity contribution in [3.05, 3.63) is 35.9 Å². The normalized spacial score (nSPS) is 13.0. The first-order chi connectivity index (χ1) is 9.87. The van der Waals surface area contributed by atoms with E-state index in [0.717, 1.165) is 0 Å². The third-order valence-corrected chi connectivity index (χ3v) is 2.57. The Balaban J connectivity index is 2.75. The highest BCUT2D eigenvalue weighted by atomic mass is 17.1. The highest BCUT2D eigenvalue weighted by Crippen LogP contribution is 2.19. The molecule has 1 aromatic rings. The number of ether oxygens (including phenoxy) is 1. The Hall–Kier alpha value is -2.45. The number of esters is 1. The average molecular weight is 298 g/mol. The lowest BCUT2D eigenvalue weighted by atomic mass is 9.96. The summed E-state index contributed by atoms with van der Waals surface area (Å²) in [6.07, 6.45) is -2.10. The number of aliphatic hydroxyl groups is 1. The van der Waals surface area contributed by atoms with E-state index >= 15 is 0 Å². The van der Waals surface area contributed by atoms with Crippen LogP contribution < -0.4 is 0 Å². The third-order valence-electron chi connectivity index (χ3n) is 2.57.